The van der Waals surface area contributed by atoms with Gasteiger partial charge in [0, 0.05) is 49.9 Å². The molecule has 0 aliphatic carbocycles. The number of rotatable bonds is 4. The van der Waals surface area contributed by atoms with Crippen LogP contribution in [-0.2, 0) is 4.74 Å². The van der Waals surface area contributed by atoms with Crippen molar-refractivity contribution in [2.45, 2.75) is 43.6 Å². The van der Waals surface area contributed by atoms with Crippen LogP contribution in [0, 0.1) is 5.82 Å². The van der Waals surface area contributed by atoms with Gasteiger partial charge in [0.05, 0.1) is 5.60 Å². The number of carbonyl (C=O) groups excluding carboxylic acids is 1. The number of hydrogen-bond donors (Lipinski definition) is 3. The number of hydrogen-bond acceptors (Lipinski definition) is 3. The van der Waals surface area contributed by atoms with Gasteiger partial charge in [-0.05, 0) is 61.8 Å². The fourth-order valence-electron chi connectivity index (χ4n) is 4.37. The van der Waals surface area contributed by atoms with Gasteiger partial charge in [0.15, 0.2) is 0 Å². The van der Waals surface area contributed by atoms with E-state index < -0.39 is 5.60 Å². The van der Waals surface area contributed by atoms with Gasteiger partial charge in [0.1, 0.15) is 5.82 Å². The number of aliphatic hydroxyl groups is 1. The number of nitrogens with one attached hydrogen (secondary N) is 2. The van der Waals surface area contributed by atoms with Crippen LogP contribution in [0.3, 0.4) is 0 Å². The van der Waals surface area contributed by atoms with Crippen molar-refractivity contribution >= 4 is 16.9 Å². The fourth-order valence-corrected chi connectivity index (χ4v) is 4.37. The highest BCUT2D eigenvalue weighted by molar-refractivity contribution is 5.83. The third-order valence-corrected chi connectivity index (χ3v) is 6.19. The predicted molar refractivity (Wildman–Crippen MR) is 105 cm³/mol. The number of ether oxygens (including phenoxy) is 1. The van der Waals surface area contributed by atoms with Crippen LogP contribution in [0.1, 0.15) is 43.6 Å². The molecule has 2 aliphatic heterocycles. The van der Waals surface area contributed by atoms with E-state index in [4.69, 9.17) is 4.74 Å². The molecule has 0 spiro atoms. The highest BCUT2D eigenvalue weighted by Gasteiger charge is 2.30. The molecule has 1 aromatic carbocycles. The molecule has 0 unspecified atom stereocenters. The van der Waals surface area contributed by atoms with Gasteiger partial charge < -0.3 is 25.0 Å². The summed E-state index contributed by atoms with van der Waals surface area (Å²) in [5, 5.41) is 14.5. The van der Waals surface area contributed by atoms with Gasteiger partial charge in [0.25, 0.3) is 0 Å². The second-order valence-corrected chi connectivity index (χ2v) is 8.01. The second kappa shape index (κ2) is 8.09. The number of halogens is 1. The molecule has 3 N–H and O–H groups in total. The van der Waals surface area contributed by atoms with Gasteiger partial charge in [0.2, 0.25) is 0 Å². The normalized spacial score (nSPS) is 20.4. The van der Waals surface area contributed by atoms with Crippen molar-refractivity contribution < 1.29 is 19.0 Å². The number of H-pyrrole nitrogens is 1. The second-order valence-electron chi connectivity index (χ2n) is 8.01. The Morgan fingerprint density at radius 2 is 2.07 bits per heavy atom. The Kier molecular flexibility index (Phi) is 5.55. The summed E-state index contributed by atoms with van der Waals surface area (Å²) in [6.07, 6.45) is 5.56. The molecular formula is C21H28FN3O3. The van der Waals surface area contributed by atoms with Gasteiger partial charge in [-0.2, -0.15) is 0 Å². The van der Waals surface area contributed by atoms with Crippen molar-refractivity contribution in [3.05, 3.63) is 35.8 Å². The van der Waals surface area contributed by atoms with E-state index in [1.165, 1.54) is 17.7 Å². The van der Waals surface area contributed by atoms with Gasteiger partial charge in [-0.15, -0.1) is 0 Å². The van der Waals surface area contributed by atoms with Crippen molar-refractivity contribution in [1.29, 1.82) is 0 Å². The minimum Gasteiger partial charge on any atom is -0.390 e. The number of aromatic nitrogens is 1. The molecular weight excluding hydrogens is 361 g/mol. The van der Waals surface area contributed by atoms with Crippen LogP contribution in [0.25, 0.3) is 10.9 Å². The van der Waals surface area contributed by atoms with Crippen LogP contribution in [0.15, 0.2) is 24.4 Å². The first-order valence-electron chi connectivity index (χ1n) is 10.1. The quantitative estimate of drug-likeness (QED) is 0.752. The summed E-state index contributed by atoms with van der Waals surface area (Å²) in [5.74, 6) is 0.129. The summed E-state index contributed by atoms with van der Waals surface area (Å²) in [6.45, 7) is 3.03. The summed E-state index contributed by atoms with van der Waals surface area (Å²) in [6, 6.07) is 4.79. The van der Waals surface area contributed by atoms with E-state index in [1.807, 2.05) is 17.2 Å². The van der Waals surface area contributed by atoms with E-state index >= 15 is 0 Å². The summed E-state index contributed by atoms with van der Waals surface area (Å²) < 4.78 is 18.7. The number of urea groups is 1. The lowest BCUT2D eigenvalue weighted by atomic mass is 9.89. The molecule has 0 atom stereocenters. The van der Waals surface area contributed by atoms with E-state index in [0.29, 0.717) is 58.0 Å². The monoisotopic (exact) mass is 389 g/mol. The van der Waals surface area contributed by atoms with Gasteiger partial charge in [-0.3, -0.25) is 0 Å². The van der Waals surface area contributed by atoms with Crippen molar-refractivity contribution in [1.82, 2.24) is 15.2 Å². The lowest BCUT2D eigenvalue weighted by molar-refractivity contribution is -0.0670. The first kappa shape index (κ1) is 19.2. The van der Waals surface area contributed by atoms with Crippen LogP contribution in [-0.4, -0.2) is 59.5 Å². The summed E-state index contributed by atoms with van der Waals surface area (Å²) >= 11 is 0. The molecule has 2 amide bonds. The molecule has 0 bridgehead atoms. The Morgan fingerprint density at radius 1 is 1.32 bits per heavy atom. The molecule has 28 heavy (non-hydrogen) atoms. The molecule has 7 heteroatoms. The van der Waals surface area contributed by atoms with Gasteiger partial charge >= 0.3 is 6.03 Å². The van der Waals surface area contributed by atoms with Crippen molar-refractivity contribution in [2.75, 3.05) is 32.8 Å². The summed E-state index contributed by atoms with van der Waals surface area (Å²) in [5.41, 5.74) is 1.31. The van der Waals surface area contributed by atoms with Crippen LogP contribution in [0.4, 0.5) is 9.18 Å². The molecule has 2 aliphatic rings. The molecule has 0 radical (unpaired) electrons. The minimum atomic E-state index is -0.715. The first-order valence-corrected chi connectivity index (χ1v) is 10.1. The maximum Gasteiger partial charge on any atom is 0.317 e. The molecule has 4 rings (SSSR count). The number of aromatic amines is 1. The standard InChI is InChI=1S/C21H28FN3O3/c22-16-1-2-17-18(14-24-19(17)13-16)15-3-9-25(10-4-15)20(26)23-8-5-21(27)6-11-28-12-7-21/h1-2,13-15,24,27H,3-12H2,(H,23,26). The van der Waals surface area contributed by atoms with Crippen LogP contribution < -0.4 is 5.32 Å². The molecule has 0 saturated carbocycles. The largest absolute Gasteiger partial charge is 0.390 e. The third kappa shape index (κ3) is 4.15. The Bertz CT molecular complexity index is 823. The SMILES string of the molecule is O=C(NCCC1(O)CCOCC1)N1CCC(c2c[nH]c3cc(F)ccc23)CC1. The lowest BCUT2D eigenvalue weighted by Crippen LogP contribution is -2.46. The predicted octanol–water partition coefficient (Wildman–Crippen LogP) is 3.13. The molecule has 2 aromatic rings. The van der Waals surface area contributed by atoms with E-state index in [-0.39, 0.29) is 11.8 Å². The lowest BCUT2D eigenvalue weighted by Gasteiger charge is -2.34. The number of piperidine rings is 1. The number of likely N-dealkylation sites (tertiary alicyclic amines) is 1. The highest BCUT2D eigenvalue weighted by atomic mass is 19.1. The Hall–Kier alpha value is -2.12. The third-order valence-electron chi connectivity index (χ3n) is 6.19. The van der Waals surface area contributed by atoms with E-state index in [9.17, 15) is 14.3 Å². The molecule has 2 fully saturated rings. The Labute approximate surface area is 164 Å². The van der Waals surface area contributed by atoms with Gasteiger partial charge in [-0.1, -0.05) is 0 Å². The van der Waals surface area contributed by atoms with E-state index in [1.54, 1.807) is 0 Å². The highest BCUT2D eigenvalue weighted by Crippen LogP contribution is 2.33. The Morgan fingerprint density at radius 3 is 2.82 bits per heavy atom. The maximum absolute atomic E-state index is 13.4. The molecule has 2 saturated heterocycles. The average molecular weight is 389 g/mol. The van der Waals surface area contributed by atoms with Crippen molar-refractivity contribution in [3.8, 4) is 0 Å². The number of carbonyl (C=O) groups is 1. The van der Waals surface area contributed by atoms with E-state index in [2.05, 4.69) is 10.3 Å². The zero-order valence-corrected chi connectivity index (χ0v) is 16.0. The minimum absolute atomic E-state index is 0.0601. The zero-order chi connectivity index (χ0) is 19.6. The summed E-state index contributed by atoms with van der Waals surface area (Å²) in [7, 11) is 0. The van der Waals surface area contributed by atoms with Crippen LogP contribution in [0.2, 0.25) is 0 Å². The van der Waals surface area contributed by atoms with Crippen LogP contribution in [0.5, 0.6) is 0 Å². The van der Waals surface area contributed by atoms with Gasteiger partial charge in [-0.25, -0.2) is 9.18 Å². The first-order chi connectivity index (χ1) is 13.5. The van der Waals surface area contributed by atoms with Crippen molar-refractivity contribution in [3.63, 3.8) is 0 Å². The number of amides is 2. The molecule has 1 aromatic heterocycles. The smallest absolute Gasteiger partial charge is 0.317 e. The number of fused-ring (bicyclic) bond motifs is 1. The Balaban J connectivity index is 1.27. The average Bonchev–Trinajstić information content (AvgIpc) is 3.11. The zero-order valence-electron chi connectivity index (χ0n) is 16.0. The van der Waals surface area contributed by atoms with Crippen molar-refractivity contribution in [2.24, 2.45) is 0 Å². The number of benzene rings is 1. The summed E-state index contributed by atoms with van der Waals surface area (Å²) in [4.78, 5) is 17.5. The number of nitrogens with zero attached hydrogens (tertiary/aromatic N) is 1. The molecule has 152 valence electrons. The van der Waals surface area contributed by atoms with E-state index in [0.717, 1.165) is 23.7 Å². The topological polar surface area (TPSA) is 77.6 Å². The molecule has 6 nitrogen and oxygen atoms in total. The van der Waals surface area contributed by atoms with Crippen LogP contribution >= 0.6 is 0 Å². The molecule has 3 heterocycles. The fraction of sp³-hybridized carbons (Fsp3) is 0.571. The maximum atomic E-state index is 13.4.